The predicted molar refractivity (Wildman–Crippen MR) is 94.6 cm³/mol. The van der Waals surface area contributed by atoms with Crippen molar-refractivity contribution in [3.8, 4) is 0 Å². The van der Waals surface area contributed by atoms with Gasteiger partial charge in [-0.15, -0.1) is 0 Å². The van der Waals surface area contributed by atoms with Crippen molar-refractivity contribution in [3.63, 3.8) is 0 Å². The van der Waals surface area contributed by atoms with Crippen molar-refractivity contribution in [2.75, 3.05) is 20.1 Å². The van der Waals surface area contributed by atoms with Gasteiger partial charge in [0.25, 0.3) is 0 Å². The quantitative estimate of drug-likeness (QED) is 0.942. The summed E-state index contributed by atoms with van der Waals surface area (Å²) in [5.41, 5.74) is 2.48. The summed E-state index contributed by atoms with van der Waals surface area (Å²) in [5, 5.41) is 4.40. The fourth-order valence-electron chi connectivity index (χ4n) is 3.64. The molecule has 23 heavy (non-hydrogen) atoms. The fourth-order valence-corrected chi connectivity index (χ4v) is 3.64. The minimum absolute atomic E-state index is 0.0417. The molecule has 1 aliphatic heterocycles. The average molecular weight is 313 g/mol. The highest BCUT2D eigenvalue weighted by Crippen LogP contribution is 2.19. The summed E-state index contributed by atoms with van der Waals surface area (Å²) >= 11 is 0. The molecule has 0 aliphatic carbocycles. The largest absolute Gasteiger partial charge is 0.353 e. The maximum absolute atomic E-state index is 12.5. The summed E-state index contributed by atoms with van der Waals surface area (Å²) in [4.78, 5) is 14.7. The van der Waals surface area contributed by atoms with Crippen LogP contribution >= 0.6 is 0 Å². The Labute approximate surface area is 138 Å². The standard InChI is InChI=1S/C19H27N3O/c1-15-14-16-8-5-6-9-17(16)22(15)13-11-20-19(23)18-10-4-3-7-12-21(18)2/h5-6,8-9,14,18H,3-4,7,10-13H2,1-2H3,(H,20,23)/t18-/m1/s1. The number of likely N-dealkylation sites (N-methyl/N-ethyl adjacent to an activating group) is 1. The number of aryl methyl sites for hydroxylation is 1. The molecule has 1 saturated heterocycles. The molecule has 1 aromatic heterocycles. The Morgan fingerprint density at radius 3 is 2.96 bits per heavy atom. The Balaban J connectivity index is 1.60. The summed E-state index contributed by atoms with van der Waals surface area (Å²) in [7, 11) is 2.07. The second-order valence-corrected chi connectivity index (χ2v) is 6.63. The number of hydrogen-bond donors (Lipinski definition) is 1. The molecule has 124 valence electrons. The van der Waals surface area contributed by atoms with Crippen LogP contribution in [0.2, 0.25) is 0 Å². The number of aromatic nitrogens is 1. The predicted octanol–water partition coefficient (Wildman–Crippen LogP) is 2.94. The molecule has 3 rings (SSSR count). The van der Waals surface area contributed by atoms with E-state index in [9.17, 15) is 4.79 Å². The van der Waals surface area contributed by atoms with Crippen molar-refractivity contribution in [1.82, 2.24) is 14.8 Å². The van der Waals surface area contributed by atoms with Crippen molar-refractivity contribution in [2.45, 2.75) is 45.2 Å². The zero-order chi connectivity index (χ0) is 16.2. The Morgan fingerprint density at radius 1 is 1.26 bits per heavy atom. The Kier molecular flexibility index (Phi) is 5.01. The van der Waals surface area contributed by atoms with E-state index in [1.165, 1.54) is 29.4 Å². The van der Waals surface area contributed by atoms with E-state index in [0.717, 1.165) is 25.9 Å². The second-order valence-electron chi connectivity index (χ2n) is 6.63. The highest BCUT2D eigenvalue weighted by molar-refractivity contribution is 5.82. The molecule has 0 radical (unpaired) electrons. The third-order valence-corrected chi connectivity index (χ3v) is 4.98. The number of nitrogens with one attached hydrogen (secondary N) is 1. The van der Waals surface area contributed by atoms with Crippen LogP contribution in [0.25, 0.3) is 10.9 Å². The van der Waals surface area contributed by atoms with Crippen LogP contribution < -0.4 is 5.32 Å². The van der Waals surface area contributed by atoms with Gasteiger partial charge in [0.1, 0.15) is 0 Å². The topological polar surface area (TPSA) is 37.3 Å². The zero-order valence-electron chi connectivity index (χ0n) is 14.2. The van der Waals surface area contributed by atoms with Gasteiger partial charge in [0.15, 0.2) is 0 Å². The van der Waals surface area contributed by atoms with Crippen LogP contribution in [0.3, 0.4) is 0 Å². The minimum Gasteiger partial charge on any atom is -0.353 e. The number of amides is 1. The van der Waals surface area contributed by atoms with E-state index >= 15 is 0 Å². The molecule has 0 unspecified atom stereocenters. The van der Waals surface area contributed by atoms with Gasteiger partial charge in [-0.2, -0.15) is 0 Å². The van der Waals surface area contributed by atoms with E-state index in [0.29, 0.717) is 6.54 Å². The first kappa shape index (κ1) is 16.1. The zero-order valence-corrected chi connectivity index (χ0v) is 14.2. The molecule has 2 aromatic rings. The maximum atomic E-state index is 12.5. The molecule has 0 saturated carbocycles. The number of para-hydroxylation sites is 1. The van der Waals surface area contributed by atoms with Gasteiger partial charge in [-0.3, -0.25) is 9.69 Å². The van der Waals surface area contributed by atoms with Gasteiger partial charge in [0.05, 0.1) is 6.04 Å². The molecule has 1 aliphatic rings. The SMILES string of the molecule is Cc1cc2ccccc2n1CCNC(=O)[C@H]1CCCCCN1C. The van der Waals surface area contributed by atoms with E-state index in [-0.39, 0.29) is 11.9 Å². The van der Waals surface area contributed by atoms with Crippen molar-refractivity contribution in [3.05, 3.63) is 36.0 Å². The summed E-state index contributed by atoms with van der Waals surface area (Å²) < 4.78 is 2.28. The highest BCUT2D eigenvalue weighted by atomic mass is 16.2. The lowest BCUT2D eigenvalue weighted by molar-refractivity contribution is -0.126. The van der Waals surface area contributed by atoms with Gasteiger partial charge in [0, 0.05) is 24.3 Å². The van der Waals surface area contributed by atoms with Crippen molar-refractivity contribution >= 4 is 16.8 Å². The van der Waals surface area contributed by atoms with Crippen molar-refractivity contribution < 1.29 is 4.79 Å². The second kappa shape index (κ2) is 7.18. The Morgan fingerprint density at radius 2 is 2.09 bits per heavy atom. The first-order valence-electron chi connectivity index (χ1n) is 8.69. The number of carbonyl (C=O) groups excluding carboxylic acids is 1. The molecule has 4 heteroatoms. The van der Waals surface area contributed by atoms with Gasteiger partial charge < -0.3 is 9.88 Å². The van der Waals surface area contributed by atoms with Crippen LogP contribution in [0.15, 0.2) is 30.3 Å². The summed E-state index contributed by atoms with van der Waals surface area (Å²) in [6.45, 7) is 4.66. The van der Waals surface area contributed by atoms with Crippen LogP contribution in [0, 0.1) is 6.92 Å². The molecule has 1 amide bonds. The number of likely N-dealkylation sites (tertiary alicyclic amines) is 1. The molecule has 1 N–H and O–H groups in total. The molecule has 2 heterocycles. The average Bonchev–Trinajstić information content (AvgIpc) is 2.70. The summed E-state index contributed by atoms with van der Waals surface area (Å²) in [5.74, 6) is 0.184. The maximum Gasteiger partial charge on any atom is 0.237 e. The van der Waals surface area contributed by atoms with Crippen LogP contribution in [0.5, 0.6) is 0 Å². The Hall–Kier alpha value is -1.81. The van der Waals surface area contributed by atoms with Crippen LogP contribution in [0.1, 0.15) is 31.4 Å². The molecule has 1 atom stereocenters. The molecular formula is C19H27N3O. The summed E-state index contributed by atoms with van der Waals surface area (Å²) in [6.07, 6.45) is 4.58. The number of benzene rings is 1. The number of carbonyl (C=O) groups is 1. The molecule has 1 fully saturated rings. The number of rotatable bonds is 4. The summed E-state index contributed by atoms with van der Waals surface area (Å²) in [6, 6.07) is 10.7. The van der Waals surface area contributed by atoms with Gasteiger partial charge in [0.2, 0.25) is 5.91 Å². The van der Waals surface area contributed by atoms with Gasteiger partial charge in [-0.25, -0.2) is 0 Å². The smallest absolute Gasteiger partial charge is 0.237 e. The highest BCUT2D eigenvalue weighted by Gasteiger charge is 2.24. The molecule has 0 bridgehead atoms. The lowest BCUT2D eigenvalue weighted by atomic mass is 10.1. The van der Waals surface area contributed by atoms with Gasteiger partial charge in [-0.05, 0) is 50.9 Å². The van der Waals surface area contributed by atoms with Crippen LogP contribution in [-0.2, 0) is 11.3 Å². The first-order valence-corrected chi connectivity index (χ1v) is 8.69. The van der Waals surface area contributed by atoms with Gasteiger partial charge >= 0.3 is 0 Å². The monoisotopic (exact) mass is 313 g/mol. The molecule has 4 nitrogen and oxygen atoms in total. The van der Waals surface area contributed by atoms with Crippen molar-refractivity contribution in [2.24, 2.45) is 0 Å². The lowest BCUT2D eigenvalue weighted by Crippen LogP contribution is -2.45. The fraction of sp³-hybridized carbons (Fsp3) is 0.526. The van der Waals surface area contributed by atoms with E-state index in [4.69, 9.17) is 0 Å². The van der Waals surface area contributed by atoms with E-state index in [2.05, 4.69) is 59.1 Å². The van der Waals surface area contributed by atoms with E-state index in [1.54, 1.807) is 0 Å². The first-order chi connectivity index (χ1) is 11.2. The van der Waals surface area contributed by atoms with Crippen molar-refractivity contribution in [1.29, 1.82) is 0 Å². The van der Waals surface area contributed by atoms with Gasteiger partial charge in [-0.1, -0.05) is 31.0 Å². The minimum atomic E-state index is 0.0417. The number of fused-ring (bicyclic) bond motifs is 1. The number of nitrogens with zero attached hydrogens (tertiary/aromatic N) is 2. The Bertz CT molecular complexity index is 676. The third-order valence-electron chi connectivity index (χ3n) is 4.98. The number of hydrogen-bond acceptors (Lipinski definition) is 2. The third kappa shape index (κ3) is 3.58. The molecule has 1 aromatic carbocycles. The molecule has 0 spiro atoms. The molecular weight excluding hydrogens is 286 g/mol. The van der Waals surface area contributed by atoms with E-state index < -0.39 is 0 Å². The lowest BCUT2D eigenvalue weighted by Gasteiger charge is -2.24. The normalized spacial score (nSPS) is 19.7. The van der Waals surface area contributed by atoms with Crippen LogP contribution in [-0.4, -0.2) is 41.6 Å². The van der Waals surface area contributed by atoms with E-state index in [1.807, 2.05) is 0 Å². The van der Waals surface area contributed by atoms with Crippen LogP contribution in [0.4, 0.5) is 0 Å².